The molecule has 1 saturated heterocycles. The van der Waals surface area contributed by atoms with Crippen LogP contribution in [0.25, 0.3) is 27.8 Å². The number of para-hydroxylation sites is 1. The van der Waals surface area contributed by atoms with Crippen LogP contribution in [0.15, 0.2) is 59.5 Å². The number of amides is 1. The minimum Gasteiger partial charge on any atom is -0.378 e. The fraction of sp³-hybridized carbons (Fsp3) is 0.217. The van der Waals surface area contributed by atoms with E-state index in [1.54, 1.807) is 21.8 Å². The van der Waals surface area contributed by atoms with E-state index < -0.39 is 0 Å². The molecule has 0 aliphatic carbocycles. The third-order valence-electron chi connectivity index (χ3n) is 5.51. The molecule has 0 spiro atoms. The van der Waals surface area contributed by atoms with Gasteiger partial charge in [0.25, 0.3) is 11.5 Å². The highest BCUT2D eigenvalue weighted by Crippen LogP contribution is 2.21. The molecule has 1 fully saturated rings. The van der Waals surface area contributed by atoms with Crippen LogP contribution in [0.4, 0.5) is 0 Å². The number of carbonyl (C=O) groups excluding carboxylic acids is 1. The molecule has 5 rings (SSSR count). The van der Waals surface area contributed by atoms with Crippen LogP contribution in [-0.2, 0) is 4.74 Å². The van der Waals surface area contributed by atoms with Crippen molar-refractivity contribution in [2.24, 2.45) is 0 Å². The van der Waals surface area contributed by atoms with Crippen molar-refractivity contribution in [3.63, 3.8) is 0 Å². The van der Waals surface area contributed by atoms with Gasteiger partial charge < -0.3 is 14.6 Å². The molecule has 0 atom stereocenters. The summed E-state index contributed by atoms with van der Waals surface area (Å²) in [5, 5.41) is 9.34. The van der Waals surface area contributed by atoms with Crippen LogP contribution in [0.1, 0.15) is 15.9 Å². The van der Waals surface area contributed by atoms with E-state index in [2.05, 4.69) is 15.3 Å². The van der Waals surface area contributed by atoms with Crippen LogP contribution in [0, 0.1) is 6.92 Å². The first-order chi connectivity index (χ1) is 15.1. The summed E-state index contributed by atoms with van der Waals surface area (Å²) >= 11 is 0. The van der Waals surface area contributed by atoms with Gasteiger partial charge in [-0.2, -0.15) is 0 Å². The van der Waals surface area contributed by atoms with Gasteiger partial charge in [0.15, 0.2) is 0 Å². The molecule has 0 saturated carbocycles. The van der Waals surface area contributed by atoms with Crippen LogP contribution in [0.2, 0.25) is 0 Å². The smallest absolute Gasteiger partial charge is 0.258 e. The van der Waals surface area contributed by atoms with Crippen molar-refractivity contribution in [3.8, 4) is 16.9 Å². The van der Waals surface area contributed by atoms with Crippen molar-refractivity contribution in [1.82, 2.24) is 24.9 Å². The number of benzene rings is 2. The van der Waals surface area contributed by atoms with Gasteiger partial charge in [0.2, 0.25) is 0 Å². The number of H-pyrrole nitrogens is 1. The van der Waals surface area contributed by atoms with E-state index in [1.807, 2.05) is 49.4 Å². The SMILES string of the molecule is Cc1cc(C(=O)N2CCOCC2)ccc1-n1cc(-c2cc3ccccc3[nH]c2=O)nn1. The van der Waals surface area contributed by atoms with Crippen molar-refractivity contribution in [1.29, 1.82) is 0 Å². The molecule has 2 aromatic carbocycles. The first-order valence-corrected chi connectivity index (χ1v) is 10.1. The first kappa shape index (κ1) is 19.2. The molecular formula is C23H21N5O3. The molecule has 4 aromatic rings. The topological polar surface area (TPSA) is 93.1 Å². The average molecular weight is 415 g/mol. The Morgan fingerprint density at radius 2 is 1.90 bits per heavy atom. The normalized spacial score (nSPS) is 14.2. The van der Waals surface area contributed by atoms with Gasteiger partial charge in [-0.15, -0.1) is 5.10 Å². The number of nitrogens with one attached hydrogen (secondary N) is 1. The molecule has 0 radical (unpaired) electrons. The second-order valence-corrected chi connectivity index (χ2v) is 7.55. The highest BCUT2D eigenvalue weighted by molar-refractivity contribution is 5.94. The van der Waals surface area contributed by atoms with Gasteiger partial charge in [-0.25, -0.2) is 4.68 Å². The second-order valence-electron chi connectivity index (χ2n) is 7.55. The predicted octanol–water partition coefficient (Wildman–Crippen LogP) is 2.56. The summed E-state index contributed by atoms with van der Waals surface area (Å²) in [6.45, 7) is 4.27. The lowest BCUT2D eigenvalue weighted by Gasteiger charge is -2.27. The number of pyridine rings is 1. The molecule has 0 bridgehead atoms. The number of aryl methyl sites for hydroxylation is 1. The summed E-state index contributed by atoms with van der Waals surface area (Å²) in [6, 6.07) is 14.9. The van der Waals surface area contributed by atoms with Gasteiger partial charge in [0, 0.05) is 24.2 Å². The molecule has 1 N–H and O–H groups in total. The van der Waals surface area contributed by atoms with Crippen LogP contribution in [0.3, 0.4) is 0 Å². The quantitative estimate of drug-likeness (QED) is 0.555. The van der Waals surface area contributed by atoms with Gasteiger partial charge in [-0.05, 0) is 48.2 Å². The number of nitrogens with zero attached hydrogens (tertiary/aromatic N) is 4. The van der Waals surface area contributed by atoms with Crippen molar-refractivity contribution in [2.45, 2.75) is 6.92 Å². The maximum atomic E-state index is 12.7. The Hall–Kier alpha value is -3.78. The number of aromatic amines is 1. The van der Waals surface area contributed by atoms with Gasteiger partial charge in [-0.3, -0.25) is 9.59 Å². The summed E-state index contributed by atoms with van der Waals surface area (Å²) in [4.78, 5) is 30.0. The third kappa shape index (κ3) is 3.62. The predicted molar refractivity (Wildman–Crippen MR) is 116 cm³/mol. The van der Waals surface area contributed by atoms with E-state index in [9.17, 15) is 9.59 Å². The zero-order valence-corrected chi connectivity index (χ0v) is 17.0. The number of rotatable bonds is 3. The van der Waals surface area contributed by atoms with Crippen molar-refractivity contribution in [2.75, 3.05) is 26.3 Å². The standard InChI is InChI=1S/C23H21N5O3/c1-15-12-17(23(30)27-8-10-31-11-9-27)6-7-21(15)28-14-20(25-26-28)18-13-16-4-2-3-5-19(16)24-22(18)29/h2-7,12-14H,8-11H2,1H3,(H,24,29). The van der Waals surface area contributed by atoms with Gasteiger partial charge >= 0.3 is 0 Å². The number of ether oxygens (including phenoxy) is 1. The number of hydrogen-bond donors (Lipinski definition) is 1. The zero-order chi connectivity index (χ0) is 21.4. The summed E-state index contributed by atoms with van der Waals surface area (Å²) in [6.07, 6.45) is 1.73. The Morgan fingerprint density at radius 3 is 2.71 bits per heavy atom. The highest BCUT2D eigenvalue weighted by atomic mass is 16.5. The van der Waals surface area contributed by atoms with Gasteiger partial charge in [-0.1, -0.05) is 23.4 Å². The number of morpholine rings is 1. The van der Waals surface area contributed by atoms with E-state index in [-0.39, 0.29) is 11.5 Å². The van der Waals surface area contributed by atoms with Crippen molar-refractivity contribution >= 4 is 16.8 Å². The van der Waals surface area contributed by atoms with Gasteiger partial charge in [0.1, 0.15) is 5.69 Å². The lowest BCUT2D eigenvalue weighted by molar-refractivity contribution is 0.0303. The summed E-state index contributed by atoms with van der Waals surface area (Å²) in [5.41, 5.74) is 3.84. The minimum absolute atomic E-state index is 0.0000677. The number of carbonyl (C=O) groups is 1. The number of aromatic nitrogens is 4. The Bertz CT molecular complexity index is 1330. The van der Waals surface area contributed by atoms with E-state index in [0.717, 1.165) is 22.2 Å². The lowest BCUT2D eigenvalue weighted by atomic mass is 10.1. The summed E-state index contributed by atoms with van der Waals surface area (Å²) < 4.78 is 6.95. The van der Waals surface area contributed by atoms with Crippen LogP contribution < -0.4 is 5.56 Å². The Morgan fingerprint density at radius 1 is 1.10 bits per heavy atom. The monoisotopic (exact) mass is 415 g/mol. The third-order valence-corrected chi connectivity index (χ3v) is 5.51. The molecule has 8 nitrogen and oxygen atoms in total. The summed E-state index contributed by atoms with van der Waals surface area (Å²) in [7, 11) is 0. The molecule has 1 amide bonds. The van der Waals surface area contributed by atoms with Crippen molar-refractivity contribution in [3.05, 3.63) is 76.2 Å². The lowest BCUT2D eigenvalue weighted by Crippen LogP contribution is -2.40. The zero-order valence-electron chi connectivity index (χ0n) is 17.0. The molecule has 1 aliphatic rings. The maximum absolute atomic E-state index is 12.7. The first-order valence-electron chi connectivity index (χ1n) is 10.1. The van der Waals surface area contributed by atoms with E-state index in [1.165, 1.54) is 0 Å². The maximum Gasteiger partial charge on any atom is 0.258 e. The molecule has 3 heterocycles. The molecular weight excluding hydrogens is 394 g/mol. The molecule has 8 heteroatoms. The fourth-order valence-corrected chi connectivity index (χ4v) is 3.84. The van der Waals surface area contributed by atoms with Crippen LogP contribution in [-0.4, -0.2) is 57.1 Å². The Kier molecular flexibility index (Phi) is 4.83. The molecule has 1 aliphatic heterocycles. The number of hydrogen-bond acceptors (Lipinski definition) is 5. The largest absolute Gasteiger partial charge is 0.378 e. The van der Waals surface area contributed by atoms with Crippen molar-refractivity contribution < 1.29 is 9.53 Å². The molecule has 2 aromatic heterocycles. The number of fused-ring (bicyclic) bond motifs is 1. The highest BCUT2D eigenvalue weighted by Gasteiger charge is 2.19. The van der Waals surface area contributed by atoms with Crippen LogP contribution in [0.5, 0.6) is 0 Å². The molecule has 31 heavy (non-hydrogen) atoms. The second kappa shape index (κ2) is 7.81. The molecule has 156 valence electrons. The average Bonchev–Trinajstić information content (AvgIpc) is 3.28. The minimum atomic E-state index is -0.214. The van der Waals surface area contributed by atoms with E-state index in [4.69, 9.17) is 4.74 Å². The summed E-state index contributed by atoms with van der Waals surface area (Å²) in [5.74, 6) is -0.0000677. The van der Waals surface area contributed by atoms with E-state index >= 15 is 0 Å². The Balaban J connectivity index is 1.45. The van der Waals surface area contributed by atoms with Crippen LogP contribution >= 0.6 is 0 Å². The molecule has 0 unspecified atom stereocenters. The van der Waals surface area contributed by atoms with Gasteiger partial charge in [0.05, 0.1) is 30.7 Å². The fourth-order valence-electron chi connectivity index (χ4n) is 3.84. The van der Waals surface area contributed by atoms with E-state index in [0.29, 0.717) is 43.1 Å². The Labute approximate surface area is 178 Å².